The minimum atomic E-state index is -0.507. The number of nitrogen functional groups attached to an aromatic ring is 1. The molecule has 1 aromatic heterocycles. The second-order valence-electron chi connectivity index (χ2n) is 2.97. The maximum atomic E-state index is 13.0. The van der Waals surface area contributed by atoms with Gasteiger partial charge in [-0.25, -0.2) is 9.37 Å². The van der Waals surface area contributed by atoms with E-state index < -0.39 is 5.82 Å². The van der Waals surface area contributed by atoms with Gasteiger partial charge in [0.25, 0.3) is 0 Å². The molecule has 0 radical (unpaired) electrons. The zero-order valence-corrected chi connectivity index (χ0v) is 9.44. The summed E-state index contributed by atoms with van der Waals surface area (Å²) in [6.07, 6.45) is 0. The number of anilines is 1. The number of hydrogen-bond donors (Lipinski definition) is 1. The number of aromatic nitrogens is 1. The quantitative estimate of drug-likeness (QED) is 0.850. The zero-order chi connectivity index (χ0) is 11.7. The highest BCUT2D eigenvalue weighted by Gasteiger charge is 2.12. The van der Waals surface area contributed by atoms with Crippen molar-refractivity contribution in [3.63, 3.8) is 0 Å². The molecule has 0 aliphatic rings. The molecule has 2 N–H and O–H groups in total. The van der Waals surface area contributed by atoms with Crippen LogP contribution in [-0.4, -0.2) is 4.98 Å². The van der Waals surface area contributed by atoms with Crippen molar-refractivity contribution in [3.8, 4) is 17.3 Å². The van der Waals surface area contributed by atoms with Gasteiger partial charge in [-0.1, -0.05) is 22.9 Å². The monoisotopic (exact) mass is 253 g/mol. The number of thiazole rings is 1. The molecule has 16 heavy (non-hydrogen) atoms. The first-order valence-corrected chi connectivity index (χ1v) is 5.43. The van der Waals surface area contributed by atoms with Crippen LogP contribution in [0.3, 0.4) is 0 Å². The fraction of sp³-hybridized carbons (Fsp3) is 0. The van der Waals surface area contributed by atoms with E-state index >= 15 is 0 Å². The molecule has 0 bridgehead atoms. The first kappa shape index (κ1) is 10.9. The summed E-state index contributed by atoms with van der Waals surface area (Å²) in [5.41, 5.74) is 6.53. The van der Waals surface area contributed by atoms with Crippen molar-refractivity contribution in [2.24, 2.45) is 0 Å². The van der Waals surface area contributed by atoms with E-state index in [-0.39, 0.29) is 5.02 Å². The van der Waals surface area contributed by atoms with Crippen LogP contribution in [-0.2, 0) is 0 Å². The lowest BCUT2D eigenvalue weighted by molar-refractivity contribution is 0.628. The molecule has 6 heteroatoms. The number of rotatable bonds is 1. The van der Waals surface area contributed by atoms with Gasteiger partial charge in [0, 0.05) is 5.56 Å². The highest BCUT2D eigenvalue weighted by Crippen LogP contribution is 2.31. The minimum absolute atomic E-state index is 0.00652. The molecule has 1 heterocycles. The molecule has 0 saturated carbocycles. The van der Waals surface area contributed by atoms with Gasteiger partial charge in [0.2, 0.25) is 0 Å². The van der Waals surface area contributed by atoms with Crippen LogP contribution in [0.25, 0.3) is 11.3 Å². The highest BCUT2D eigenvalue weighted by molar-refractivity contribution is 7.16. The molecule has 0 amide bonds. The van der Waals surface area contributed by atoms with E-state index in [1.165, 1.54) is 18.2 Å². The van der Waals surface area contributed by atoms with Crippen LogP contribution in [0.5, 0.6) is 0 Å². The van der Waals surface area contributed by atoms with E-state index in [0.717, 1.165) is 11.3 Å². The fourth-order valence-corrected chi connectivity index (χ4v) is 2.08. The predicted octanol–water partition coefficient (Wildman–Crippen LogP) is 3.06. The highest BCUT2D eigenvalue weighted by atomic mass is 35.5. The molecule has 0 spiro atoms. The molecule has 2 aromatic rings. The maximum absolute atomic E-state index is 13.0. The third-order valence-electron chi connectivity index (χ3n) is 1.94. The summed E-state index contributed by atoms with van der Waals surface area (Å²) in [4.78, 5) is 4.40. The van der Waals surface area contributed by atoms with Gasteiger partial charge in [-0.15, -0.1) is 0 Å². The molecular weight excluding hydrogens is 249 g/mol. The van der Waals surface area contributed by atoms with Gasteiger partial charge in [-0.2, -0.15) is 5.26 Å². The smallest absolute Gasteiger partial charge is 0.181 e. The van der Waals surface area contributed by atoms with Crippen molar-refractivity contribution >= 4 is 28.1 Å². The lowest BCUT2D eigenvalue weighted by Crippen LogP contribution is -1.85. The van der Waals surface area contributed by atoms with Crippen LogP contribution in [0, 0.1) is 17.1 Å². The fourth-order valence-electron chi connectivity index (χ4n) is 1.25. The van der Waals surface area contributed by atoms with Gasteiger partial charge < -0.3 is 5.73 Å². The molecule has 80 valence electrons. The first-order valence-electron chi connectivity index (χ1n) is 4.23. The largest absolute Gasteiger partial charge is 0.375 e. The predicted molar refractivity (Wildman–Crippen MR) is 61.6 cm³/mol. The normalized spacial score (nSPS) is 10.1. The summed E-state index contributed by atoms with van der Waals surface area (Å²) < 4.78 is 13.0. The second-order valence-corrected chi connectivity index (χ2v) is 4.41. The van der Waals surface area contributed by atoms with Crippen molar-refractivity contribution in [3.05, 3.63) is 33.9 Å². The number of nitrogens with two attached hydrogens (primary N) is 1. The lowest BCUT2D eigenvalue weighted by atomic mass is 10.1. The molecular formula is C10H5ClFN3S. The summed E-state index contributed by atoms with van der Waals surface area (Å²) in [6, 6.07) is 6.15. The van der Waals surface area contributed by atoms with E-state index in [4.69, 9.17) is 22.6 Å². The van der Waals surface area contributed by atoms with Crippen LogP contribution in [0.4, 0.5) is 9.52 Å². The Morgan fingerprint density at radius 1 is 1.50 bits per heavy atom. The lowest BCUT2D eigenvalue weighted by Gasteiger charge is -1.99. The first-order chi connectivity index (χ1) is 7.61. The van der Waals surface area contributed by atoms with E-state index in [1.54, 1.807) is 0 Å². The maximum Gasteiger partial charge on any atom is 0.181 e. The van der Waals surface area contributed by atoms with Crippen LogP contribution in [0.2, 0.25) is 5.02 Å². The molecule has 0 fully saturated rings. The van der Waals surface area contributed by atoms with Gasteiger partial charge in [0.1, 0.15) is 22.5 Å². The Morgan fingerprint density at radius 3 is 2.88 bits per heavy atom. The third-order valence-corrected chi connectivity index (χ3v) is 3.02. The Kier molecular flexibility index (Phi) is 2.77. The Balaban J connectivity index is 2.59. The zero-order valence-electron chi connectivity index (χ0n) is 7.87. The van der Waals surface area contributed by atoms with E-state index in [1.807, 2.05) is 6.07 Å². The number of nitrogens with zero attached hydrogens (tertiary/aromatic N) is 2. The van der Waals surface area contributed by atoms with Crippen molar-refractivity contribution in [1.82, 2.24) is 4.98 Å². The van der Waals surface area contributed by atoms with Crippen molar-refractivity contribution < 1.29 is 4.39 Å². The third kappa shape index (κ3) is 1.85. The SMILES string of the molecule is N#Cc1sc(N)nc1-c1ccc(F)c(Cl)c1. The average Bonchev–Trinajstić information content (AvgIpc) is 2.63. The van der Waals surface area contributed by atoms with Gasteiger partial charge in [-0.3, -0.25) is 0 Å². The summed E-state index contributed by atoms with van der Waals surface area (Å²) in [7, 11) is 0. The Labute approximate surface area is 99.9 Å². The number of nitriles is 1. The molecule has 0 aliphatic heterocycles. The van der Waals surface area contributed by atoms with E-state index in [0.29, 0.717) is 21.3 Å². The van der Waals surface area contributed by atoms with Gasteiger partial charge in [-0.05, 0) is 18.2 Å². The molecule has 2 rings (SSSR count). The molecule has 0 atom stereocenters. The summed E-state index contributed by atoms with van der Waals surface area (Å²) in [6.45, 7) is 0. The summed E-state index contributed by atoms with van der Waals surface area (Å²) in [5, 5.41) is 9.17. The Hall–Kier alpha value is -1.64. The molecule has 0 aliphatic carbocycles. The molecule has 0 saturated heterocycles. The number of benzene rings is 1. The van der Waals surface area contributed by atoms with Crippen molar-refractivity contribution in [2.75, 3.05) is 5.73 Å². The van der Waals surface area contributed by atoms with Gasteiger partial charge in [0.05, 0.1) is 5.02 Å². The minimum Gasteiger partial charge on any atom is -0.375 e. The standard InChI is InChI=1S/C10H5ClFN3S/c11-6-3-5(1-2-7(6)12)9-8(4-13)16-10(14)15-9/h1-3H,(H2,14,15). The number of hydrogen-bond acceptors (Lipinski definition) is 4. The molecule has 3 nitrogen and oxygen atoms in total. The van der Waals surface area contributed by atoms with Crippen molar-refractivity contribution in [2.45, 2.75) is 0 Å². The van der Waals surface area contributed by atoms with E-state index in [2.05, 4.69) is 4.98 Å². The van der Waals surface area contributed by atoms with Crippen LogP contribution < -0.4 is 5.73 Å². The number of halogens is 2. The van der Waals surface area contributed by atoms with Crippen molar-refractivity contribution in [1.29, 1.82) is 5.26 Å². The summed E-state index contributed by atoms with van der Waals surface area (Å²) >= 11 is 6.74. The van der Waals surface area contributed by atoms with Crippen LogP contribution in [0.1, 0.15) is 4.88 Å². The summed E-state index contributed by atoms with van der Waals surface area (Å²) in [5.74, 6) is -0.507. The second kappa shape index (κ2) is 4.08. The van der Waals surface area contributed by atoms with Gasteiger partial charge >= 0.3 is 0 Å². The van der Waals surface area contributed by atoms with E-state index in [9.17, 15) is 4.39 Å². The Bertz CT molecular complexity index is 588. The van der Waals surface area contributed by atoms with Crippen LogP contribution >= 0.6 is 22.9 Å². The average molecular weight is 254 g/mol. The topological polar surface area (TPSA) is 62.7 Å². The molecule has 0 unspecified atom stereocenters. The van der Waals surface area contributed by atoms with Gasteiger partial charge in [0.15, 0.2) is 5.13 Å². The molecule has 1 aromatic carbocycles. The van der Waals surface area contributed by atoms with Crippen LogP contribution in [0.15, 0.2) is 18.2 Å². The Morgan fingerprint density at radius 2 is 2.25 bits per heavy atom.